The van der Waals surface area contributed by atoms with Gasteiger partial charge < -0.3 is 5.11 Å². The van der Waals surface area contributed by atoms with Gasteiger partial charge in [-0.2, -0.15) is 0 Å². The first kappa shape index (κ1) is 11.1. The molecule has 76 valence electrons. The van der Waals surface area contributed by atoms with Gasteiger partial charge in [0.25, 0.3) is 0 Å². The Morgan fingerprint density at radius 2 is 2.08 bits per heavy atom. The number of hydrogen-bond acceptors (Lipinski definition) is 3. The van der Waals surface area contributed by atoms with Gasteiger partial charge in [0, 0.05) is 6.42 Å². The van der Waals surface area contributed by atoms with E-state index in [1.54, 1.807) is 6.26 Å². The highest BCUT2D eigenvalue weighted by Crippen LogP contribution is 2.28. The smallest absolute Gasteiger partial charge is 0.191 e. The first-order chi connectivity index (χ1) is 6.24. The largest absolute Gasteiger partial charge is 0.392 e. The third kappa shape index (κ3) is 3.69. The Kier molecular flexibility index (Phi) is 4.81. The van der Waals surface area contributed by atoms with E-state index in [0.717, 1.165) is 12.8 Å². The predicted molar refractivity (Wildman–Crippen MR) is 55.7 cm³/mol. The van der Waals surface area contributed by atoms with Crippen LogP contribution in [0, 0.1) is 5.92 Å². The van der Waals surface area contributed by atoms with Crippen LogP contribution >= 0.6 is 11.8 Å². The van der Waals surface area contributed by atoms with Gasteiger partial charge in [-0.25, -0.2) is 0 Å². The summed E-state index contributed by atoms with van der Waals surface area (Å²) in [5.41, 5.74) is 0. The van der Waals surface area contributed by atoms with Gasteiger partial charge in [0.2, 0.25) is 0 Å². The van der Waals surface area contributed by atoms with Crippen molar-refractivity contribution in [3.8, 4) is 0 Å². The van der Waals surface area contributed by atoms with E-state index in [2.05, 4.69) is 0 Å². The highest BCUT2D eigenvalue weighted by molar-refractivity contribution is 8.13. The first-order valence-electron chi connectivity index (χ1n) is 4.99. The summed E-state index contributed by atoms with van der Waals surface area (Å²) in [4.78, 5) is 11.1. The molecular weight excluding hydrogens is 184 g/mol. The van der Waals surface area contributed by atoms with Gasteiger partial charge >= 0.3 is 0 Å². The Balaban J connectivity index is 2.28. The van der Waals surface area contributed by atoms with E-state index in [-0.39, 0.29) is 11.2 Å². The fourth-order valence-corrected chi connectivity index (χ4v) is 2.28. The van der Waals surface area contributed by atoms with Crippen molar-refractivity contribution >= 4 is 16.9 Å². The second-order valence-electron chi connectivity index (χ2n) is 3.75. The molecule has 0 heterocycles. The molecule has 0 radical (unpaired) electrons. The zero-order valence-corrected chi connectivity index (χ0v) is 8.98. The molecule has 0 spiro atoms. The molecule has 2 nitrogen and oxygen atoms in total. The summed E-state index contributed by atoms with van der Waals surface area (Å²) in [6, 6.07) is 0. The Labute approximate surface area is 84.1 Å². The number of carbonyl (C=O) groups excluding carboxylic acids is 1. The second-order valence-corrected chi connectivity index (χ2v) is 4.61. The van der Waals surface area contributed by atoms with Crippen LogP contribution in [0.4, 0.5) is 0 Å². The standard InChI is InChI=1S/C10H18O2S/c1-13-10(12)7-9(11)8-5-3-2-4-6-8/h8-9,11H,2-7H2,1H3. The summed E-state index contributed by atoms with van der Waals surface area (Å²) in [5, 5.41) is 9.85. The molecule has 1 fully saturated rings. The third-order valence-corrected chi connectivity index (χ3v) is 3.42. The number of hydrogen-bond donors (Lipinski definition) is 1. The molecule has 1 unspecified atom stereocenters. The molecule has 0 aliphatic heterocycles. The fraction of sp³-hybridized carbons (Fsp3) is 0.900. The lowest BCUT2D eigenvalue weighted by molar-refractivity contribution is -0.113. The number of aliphatic hydroxyl groups is 1. The van der Waals surface area contributed by atoms with E-state index in [4.69, 9.17) is 0 Å². The first-order valence-corrected chi connectivity index (χ1v) is 6.21. The van der Waals surface area contributed by atoms with Crippen molar-refractivity contribution in [2.75, 3.05) is 6.26 Å². The zero-order chi connectivity index (χ0) is 9.68. The van der Waals surface area contributed by atoms with Crippen LogP contribution in [0.15, 0.2) is 0 Å². The molecule has 1 aliphatic rings. The van der Waals surface area contributed by atoms with Crippen LogP contribution in [0.3, 0.4) is 0 Å². The molecule has 1 N–H and O–H groups in total. The lowest BCUT2D eigenvalue weighted by atomic mass is 9.84. The van der Waals surface area contributed by atoms with Gasteiger partial charge in [-0.15, -0.1) is 0 Å². The van der Waals surface area contributed by atoms with Gasteiger partial charge in [-0.1, -0.05) is 31.0 Å². The molecule has 13 heavy (non-hydrogen) atoms. The van der Waals surface area contributed by atoms with Crippen LogP contribution in [-0.2, 0) is 4.79 Å². The maximum atomic E-state index is 11.1. The maximum Gasteiger partial charge on any atom is 0.191 e. The minimum absolute atomic E-state index is 0.109. The lowest BCUT2D eigenvalue weighted by Crippen LogP contribution is -2.24. The zero-order valence-electron chi connectivity index (χ0n) is 8.16. The summed E-state index contributed by atoms with van der Waals surface area (Å²) in [7, 11) is 0. The van der Waals surface area contributed by atoms with Crippen LogP contribution in [0.2, 0.25) is 0 Å². The van der Waals surface area contributed by atoms with Gasteiger partial charge in [-0.05, 0) is 25.0 Å². The molecule has 0 aromatic rings. The van der Waals surface area contributed by atoms with Gasteiger partial charge in [0.1, 0.15) is 0 Å². The third-order valence-electron chi connectivity index (χ3n) is 2.80. The second kappa shape index (κ2) is 5.66. The van der Waals surface area contributed by atoms with Gasteiger partial charge in [-0.3, -0.25) is 4.79 Å². The molecule has 1 aliphatic carbocycles. The number of aliphatic hydroxyl groups excluding tert-OH is 1. The molecule has 0 saturated heterocycles. The molecule has 0 aromatic carbocycles. The maximum absolute atomic E-state index is 11.1. The minimum Gasteiger partial charge on any atom is -0.392 e. The molecule has 1 rings (SSSR count). The lowest BCUT2D eigenvalue weighted by Gasteiger charge is -2.25. The van der Waals surface area contributed by atoms with Crippen molar-refractivity contribution in [3.05, 3.63) is 0 Å². The summed E-state index contributed by atoms with van der Waals surface area (Å²) < 4.78 is 0. The molecular formula is C10H18O2S. The highest BCUT2D eigenvalue weighted by Gasteiger charge is 2.23. The van der Waals surface area contributed by atoms with Gasteiger partial charge in [0.15, 0.2) is 5.12 Å². The minimum atomic E-state index is -0.389. The van der Waals surface area contributed by atoms with Crippen molar-refractivity contribution in [3.63, 3.8) is 0 Å². The number of rotatable bonds is 3. The van der Waals surface area contributed by atoms with E-state index >= 15 is 0 Å². The van der Waals surface area contributed by atoms with Crippen molar-refractivity contribution < 1.29 is 9.90 Å². The van der Waals surface area contributed by atoms with Crippen LogP contribution in [0.25, 0.3) is 0 Å². The highest BCUT2D eigenvalue weighted by atomic mass is 32.2. The van der Waals surface area contributed by atoms with Crippen molar-refractivity contribution in [1.29, 1.82) is 0 Å². The Bertz CT molecular complexity index is 164. The summed E-state index contributed by atoms with van der Waals surface area (Å²) >= 11 is 1.22. The average molecular weight is 202 g/mol. The summed E-state index contributed by atoms with van der Waals surface area (Å²) in [6.45, 7) is 0. The van der Waals surface area contributed by atoms with Crippen LogP contribution < -0.4 is 0 Å². The Hall–Kier alpha value is -0.0200. The van der Waals surface area contributed by atoms with Crippen molar-refractivity contribution in [1.82, 2.24) is 0 Å². The molecule has 1 atom stereocenters. The van der Waals surface area contributed by atoms with E-state index in [0.29, 0.717) is 12.3 Å². The number of thioether (sulfide) groups is 1. The molecule has 0 bridgehead atoms. The molecule has 0 amide bonds. The van der Waals surface area contributed by atoms with Crippen LogP contribution in [0.1, 0.15) is 38.5 Å². The van der Waals surface area contributed by atoms with Gasteiger partial charge in [0.05, 0.1) is 6.10 Å². The van der Waals surface area contributed by atoms with Crippen LogP contribution in [0.5, 0.6) is 0 Å². The normalized spacial score (nSPS) is 21.4. The average Bonchev–Trinajstić information content (AvgIpc) is 2.19. The topological polar surface area (TPSA) is 37.3 Å². The Morgan fingerprint density at radius 3 is 2.62 bits per heavy atom. The predicted octanol–water partition coefficient (Wildman–Crippen LogP) is 2.21. The van der Waals surface area contributed by atoms with E-state index in [9.17, 15) is 9.90 Å². The van der Waals surface area contributed by atoms with Crippen molar-refractivity contribution in [2.24, 2.45) is 5.92 Å². The van der Waals surface area contributed by atoms with E-state index in [1.807, 2.05) is 0 Å². The SMILES string of the molecule is CSC(=O)CC(O)C1CCCCC1. The summed E-state index contributed by atoms with van der Waals surface area (Å²) in [5.74, 6) is 0.379. The van der Waals surface area contributed by atoms with E-state index < -0.39 is 0 Å². The monoisotopic (exact) mass is 202 g/mol. The fourth-order valence-electron chi connectivity index (χ4n) is 1.94. The Morgan fingerprint density at radius 1 is 1.46 bits per heavy atom. The molecule has 3 heteroatoms. The number of carbonyl (C=O) groups is 1. The van der Waals surface area contributed by atoms with Crippen LogP contribution in [-0.4, -0.2) is 22.6 Å². The summed E-state index contributed by atoms with van der Waals surface area (Å²) in [6.07, 6.45) is 7.65. The molecule has 0 aromatic heterocycles. The quantitative estimate of drug-likeness (QED) is 0.762. The van der Waals surface area contributed by atoms with Crippen molar-refractivity contribution in [2.45, 2.75) is 44.6 Å². The molecule has 1 saturated carbocycles. The van der Waals surface area contributed by atoms with E-state index in [1.165, 1.54) is 31.0 Å².